The van der Waals surface area contributed by atoms with Crippen molar-refractivity contribution < 1.29 is 9.59 Å². The summed E-state index contributed by atoms with van der Waals surface area (Å²) < 4.78 is 0. The van der Waals surface area contributed by atoms with E-state index < -0.39 is 0 Å². The monoisotopic (exact) mass is 254 g/mol. The van der Waals surface area contributed by atoms with Crippen LogP contribution >= 0.6 is 11.8 Å². The molecule has 1 atom stereocenters. The van der Waals surface area contributed by atoms with Crippen molar-refractivity contribution in [3.05, 3.63) is 24.3 Å². The molecule has 1 aliphatic rings. The summed E-state index contributed by atoms with van der Waals surface area (Å²) in [5.74, 6) is 1.15. The maximum Gasteiger partial charge on any atom is 0.247 e. The van der Waals surface area contributed by atoms with Crippen molar-refractivity contribution in [2.75, 3.05) is 25.7 Å². The molecule has 0 aliphatic carbocycles. The quantitative estimate of drug-likeness (QED) is 0.559. The van der Waals surface area contributed by atoms with Crippen molar-refractivity contribution in [2.45, 2.75) is 13.0 Å². The fourth-order valence-electron chi connectivity index (χ4n) is 1.51. The lowest BCUT2D eigenvalue weighted by atomic mass is 10.2. The number of carbonyl (C=O) groups excluding carboxylic acids is 2. The van der Waals surface area contributed by atoms with Crippen LogP contribution in [0.2, 0.25) is 0 Å². The Bertz CT molecular complexity index is 350. The van der Waals surface area contributed by atoms with Crippen molar-refractivity contribution >= 4 is 23.6 Å². The highest BCUT2D eigenvalue weighted by molar-refractivity contribution is 7.99. The number of nitrogens with zero attached hydrogens (tertiary/aromatic N) is 2. The molecule has 0 spiro atoms. The van der Waals surface area contributed by atoms with Crippen LogP contribution in [0.25, 0.3) is 0 Å². The number of allylic oxidation sites excluding steroid dienone is 3. The van der Waals surface area contributed by atoms with Crippen molar-refractivity contribution in [3.8, 4) is 0 Å². The largest absolute Gasteiger partial charge is 0.347 e. The number of amides is 2. The minimum absolute atomic E-state index is 0.0113. The molecule has 17 heavy (non-hydrogen) atoms. The summed E-state index contributed by atoms with van der Waals surface area (Å²) in [4.78, 5) is 26.9. The molecule has 0 saturated carbocycles. The molecule has 1 fully saturated rings. The van der Waals surface area contributed by atoms with Gasteiger partial charge in [0.1, 0.15) is 6.04 Å². The summed E-state index contributed by atoms with van der Waals surface area (Å²) in [6, 6.07) is -0.322. The Kier molecular flexibility index (Phi) is 5.28. The molecule has 0 aromatic heterocycles. The minimum atomic E-state index is -0.322. The highest BCUT2D eigenvalue weighted by Crippen LogP contribution is 2.22. The molecule has 2 amide bonds. The topological polar surface area (TPSA) is 40.6 Å². The number of rotatable bonds is 3. The van der Waals surface area contributed by atoms with Crippen LogP contribution in [0, 0.1) is 0 Å². The molecular weight excluding hydrogens is 236 g/mol. The Labute approximate surface area is 106 Å². The Morgan fingerprint density at radius 2 is 2.06 bits per heavy atom. The van der Waals surface area contributed by atoms with Crippen LogP contribution in [-0.4, -0.2) is 53.4 Å². The number of thioether (sulfide) groups is 1. The van der Waals surface area contributed by atoms with Gasteiger partial charge in [-0.25, -0.2) is 0 Å². The lowest BCUT2D eigenvalue weighted by Gasteiger charge is -2.24. The van der Waals surface area contributed by atoms with Gasteiger partial charge in [0.25, 0.3) is 0 Å². The van der Waals surface area contributed by atoms with Gasteiger partial charge in [-0.05, 0) is 6.92 Å². The Morgan fingerprint density at radius 1 is 1.35 bits per heavy atom. The zero-order chi connectivity index (χ0) is 12.8. The minimum Gasteiger partial charge on any atom is -0.347 e. The van der Waals surface area contributed by atoms with E-state index in [0.29, 0.717) is 11.6 Å². The van der Waals surface area contributed by atoms with Crippen LogP contribution in [-0.2, 0) is 9.59 Å². The van der Waals surface area contributed by atoms with Crippen molar-refractivity contribution in [2.24, 2.45) is 0 Å². The molecular formula is C12H18N2O2S. The summed E-state index contributed by atoms with van der Waals surface area (Å²) in [6.07, 6.45) is 6.85. The van der Waals surface area contributed by atoms with E-state index in [2.05, 4.69) is 0 Å². The van der Waals surface area contributed by atoms with E-state index >= 15 is 0 Å². The predicted octanol–water partition coefficient (Wildman–Crippen LogP) is 1.11. The lowest BCUT2D eigenvalue weighted by Crippen LogP contribution is -2.46. The Morgan fingerprint density at radius 3 is 2.65 bits per heavy atom. The van der Waals surface area contributed by atoms with E-state index in [-0.39, 0.29) is 17.9 Å². The van der Waals surface area contributed by atoms with Crippen molar-refractivity contribution in [3.63, 3.8) is 0 Å². The number of carbonyl (C=O) groups is 2. The Hall–Kier alpha value is -1.23. The van der Waals surface area contributed by atoms with Gasteiger partial charge in [-0.15, -0.1) is 11.8 Å². The Balaban J connectivity index is 2.69. The van der Waals surface area contributed by atoms with Crippen LogP contribution in [0.4, 0.5) is 0 Å². The average Bonchev–Trinajstić information content (AvgIpc) is 2.76. The molecule has 1 heterocycles. The first-order valence-electron chi connectivity index (χ1n) is 5.46. The highest BCUT2D eigenvalue weighted by Gasteiger charge is 2.34. The van der Waals surface area contributed by atoms with Gasteiger partial charge >= 0.3 is 0 Å². The molecule has 0 aromatic carbocycles. The number of hydrogen-bond donors (Lipinski definition) is 0. The zero-order valence-corrected chi connectivity index (χ0v) is 11.2. The summed E-state index contributed by atoms with van der Waals surface area (Å²) in [5, 5.41) is 0. The van der Waals surface area contributed by atoms with Gasteiger partial charge in [0.15, 0.2) is 0 Å². The smallest absolute Gasteiger partial charge is 0.247 e. The first kappa shape index (κ1) is 13.8. The number of hydrogen-bond acceptors (Lipinski definition) is 3. The van der Waals surface area contributed by atoms with E-state index in [9.17, 15) is 9.59 Å². The van der Waals surface area contributed by atoms with Gasteiger partial charge < -0.3 is 9.80 Å². The van der Waals surface area contributed by atoms with Gasteiger partial charge in [0.05, 0.1) is 5.88 Å². The fraction of sp³-hybridized carbons (Fsp3) is 0.500. The van der Waals surface area contributed by atoms with Crippen molar-refractivity contribution in [1.29, 1.82) is 0 Å². The molecule has 5 heteroatoms. The molecule has 0 unspecified atom stereocenters. The van der Waals surface area contributed by atoms with Crippen LogP contribution in [0.15, 0.2) is 24.3 Å². The zero-order valence-electron chi connectivity index (χ0n) is 10.4. The van der Waals surface area contributed by atoms with Gasteiger partial charge in [0, 0.05) is 25.9 Å². The second-order valence-corrected chi connectivity index (χ2v) is 4.94. The standard InChI is InChI=1S/C12H18N2O2S/c1-4-5-6-7-11(15)14-9-17-8-10(14)12(16)13(2)3/h4-7,10H,8-9H2,1-3H3/b5-4+,7-6-/t10-/m0/s1. The molecule has 0 bridgehead atoms. The summed E-state index contributed by atoms with van der Waals surface area (Å²) in [6.45, 7) is 1.89. The van der Waals surface area contributed by atoms with E-state index in [1.165, 1.54) is 11.0 Å². The van der Waals surface area contributed by atoms with E-state index in [0.717, 1.165) is 0 Å². The third-order valence-electron chi connectivity index (χ3n) is 2.43. The first-order valence-corrected chi connectivity index (χ1v) is 6.62. The molecule has 0 radical (unpaired) electrons. The summed E-state index contributed by atoms with van der Waals surface area (Å²) >= 11 is 1.61. The third-order valence-corrected chi connectivity index (χ3v) is 3.45. The van der Waals surface area contributed by atoms with Crippen LogP contribution in [0.5, 0.6) is 0 Å². The van der Waals surface area contributed by atoms with Crippen LogP contribution in [0.1, 0.15) is 6.92 Å². The van der Waals surface area contributed by atoms with E-state index in [1.807, 2.05) is 13.0 Å². The molecule has 1 rings (SSSR count). The normalized spacial score (nSPS) is 20.4. The lowest BCUT2D eigenvalue weighted by molar-refractivity contribution is -0.139. The first-order chi connectivity index (χ1) is 8.07. The summed E-state index contributed by atoms with van der Waals surface area (Å²) in [5.41, 5.74) is 0. The third kappa shape index (κ3) is 3.63. The SMILES string of the molecule is C/C=C/C=C\C(=O)N1CSC[C@H]1C(=O)N(C)C. The highest BCUT2D eigenvalue weighted by atomic mass is 32.2. The molecule has 1 saturated heterocycles. The molecule has 94 valence electrons. The van der Waals surface area contributed by atoms with Gasteiger partial charge in [0.2, 0.25) is 11.8 Å². The van der Waals surface area contributed by atoms with E-state index in [4.69, 9.17) is 0 Å². The van der Waals surface area contributed by atoms with Crippen molar-refractivity contribution in [1.82, 2.24) is 9.80 Å². The molecule has 1 aliphatic heterocycles. The second-order valence-electron chi connectivity index (χ2n) is 3.94. The molecule has 0 aromatic rings. The van der Waals surface area contributed by atoms with Gasteiger partial charge in [-0.3, -0.25) is 9.59 Å². The fourth-order valence-corrected chi connectivity index (χ4v) is 2.66. The summed E-state index contributed by atoms with van der Waals surface area (Å²) in [7, 11) is 3.42. The molecule has 4 nitrogen and oxygen atoms in total. The van der Waals surface area contributed by atoms with E-state index in [1.54, 1.807) is 42.9 Å². The number of likely N-dealkylation sites (N-methyl/N-ethyl adjacent to an activating group) is 1. The maximum atomic E-state index is 11.9. The maximum absolute atomic E-state index is 11.9. The van der Waals surface area contributed by atoms with Crippen LogP contribution in [0.3, 0.4) is 0 Å². The van der Waals surface area contributed by atoms with Gasteiger partial charge in [-0.1, -0.05) is 18.2 Å². The average molecular weight is 254 g/mol. The second kappa shape index (κ2) is 6.49. The predicted molar refractivity (Wildman–Crippen MR) is 70.6 cm³/mol. The molecule has 0 N–H and O–H groups in total. The van der Waals surface area contributed by atoms with Gasteiger partial charge in [-0.2, -0.15) is 0 Å². The van der Waals surface area contributed by atoms with Crippen LogP contribution < -0.4 is 0 Å².